The van der Waals surface area contributed by atoms with Gasteiger partial charge in [0.2, 0.25) is 0 Å². The highest BCUT2D eigenvalue weighted by Gasteiger charge is 2.11. The highest BCUT2D eigenvalue weighted by molar-refractivity contribution is 9.10. The van der Waals surface area contributed by atoms with Crippen LogP contribution in [0.15, 0.2) is 16.7 Å². The van der Waals surface area contributed by atoms with Crippen molar-refractivity contribution in [3.8, 4) is 0 Å². The molecule has 1 amide bonds. The molecule has 0 bridgehead atoms. The summed E-state index contributed by atoms with van der Waals surface area (Å²) >= 11 is 3.32. The number of carbonyl (C=O) groups is 1. The molecule has 1 aromatic rings. The molecular formula is C10H17BrClN3O. The average molecular weight is 311 g/mol. The zero-order chi connectivity index (χ0) is 11.4. The standard InChI is InChI=1S/C10H16BrN3O.ClH/c1-7(4-12)5-13-10(15)9-3-8(11)6-14(9)2;/h3,6-7H,4-5,12H2,1-2H3,(H,13,15);1H. The molecule has 16 heavy (non-hydrogen) atoms. The molecule has 0 saturated heterocycles. The molecule has 0 fully saturated rings. The Hall–Kier alpha value is -0.520. The molecule has 0 aliphatic heterocycles. The van der Waals surface area contributed by atoms with Crippen LogP contribution < -0.4 is 11.1 Å². The first-order valence-electron chi connectivity index (χ1n) is 4.84. The zero-order valence-electron chi connectivity index (χ0n) is 9.37. The van der Waals surface area contributed by atoms with Crippen molar-refractivity contribution >= 4 is 34.2 Å². The first kappa shape index (κ1) is 15.5. The van der Waals surface area contributed by atoms with Crippen LogP contribution in [0.25, 0.3) is 0 Å². The van der Waals surface area contributed by atoms with E-state index in [1.807, 2.05) is 20.2 Å². The minimum atomic E-state index is -0.0662. The van der Waals surface area contributed by atoms with Crippen molar-refractivity contribution in [2.45, 2.75) is 6.92 Å². The second-order valence-corrected chi connectivity index (χ2v) is 4.62. The van der Waals surface area contributed by atoms with Crippen molar-refractivity contribution < 1.29 is 4.79 Å². The first-order chi connectivity index (χ1) is 7.04. The molecule has 3 N–H and O–H groups in total. The van der Waals surface area contributed by atoms with Gasteiger partial charge in [0.05, 0.1) is 0 Å². The quantitative estimate of drug-likeness (QED) is 0.886. The number of halogens is 2. The molecule has 1 unspecified atom stereocenters. The number of nitrogens with one attached hydrogen (secondary N) is 1. The summed E-state index contributed by atoms with van der Waals surface area (Å²) in [7, 11) is 1.84. The van der Waals surface area contributed by atoms with Gasteiger partial charge in [-0.2, -0.15) is 0 Å². The Balaban J connectivity index is 0.00000225. The Morgan fingerprint density at radius 1 is 1.69 bits per heavy atom. The maximum Gasteiger partial charge on any atom is 0.267 e. The number of amides is 1. The van der Waals surface area contributed by atoms with Crippen molar-refractivity contribution in [3.05, 3.63) is 22.4 Å². The molecule has 1 heterocycles. The van der Waals surface area contributed by atoms with Crippen LogP contribution in [0.4, 0.5) is 0 Å². The molecule has 0 aliphatic carbocycles. The molecule has 0 saturated carbocycles. The highest BCUT2D eigenvalue weighted by Crippen LogP contribution is 2.13. The van der Waals surface area contributed by atoms with E-state index in [4.69, 9.17) is 5.73 Å². The summed E-state index contributed by atoms with van der Waals surface area (Å²) in [4.78, 5) is 11.7. The van der Waals surface area contributed by atoms with E-state index in [1.54, 1.807) is 10.6 Å². The number of carbonyl (C=O) groups excluding carboxylic acids is 1. The van der Waals surface area contributed by atoms with Gasteiger partial charge in [-0.05, 0) is 34.5 Å². The van der Waals surface area contributed by atoms with Crippen LogP contribution in [0, 0.1) is 5.92 Å². The van der Waals surface area contributed by atoms with E-state index in [1.165, 1.54) is 0 Å². The normalized spacial score (nSPS) is 11.8. The van der Waals surface area contributed by atoms with E-state index < -0.39 is 0 Å². The second kappa shape index (κ2) is 6.93. The van der Waals surface area contributed by atoms with Crippen LogP contribution in [0.5, 0.6) is 0 Å². The minimum Gasteiger partial charge on any atom is -0.350 e. The average Bonchev–Trinajstić information content (AvgIpc) is 2.53. The SMILES string of the molecule is CC(CN)CNC(=O)c1cc(Br)cn1C.Cl. The van der Waals surface area contributed by atoms with E-state index in [2.05, 4.69) is 21.2 Å². The molecule has 4 nitrogen and oxygen atoms in total. The third kappa shape index (κ3) is 4.15. The molecule has 0 spiro atoms. The summed E-state index contributed by atoms with van der Waals surface area (Å²) in [5.74, 6) is 0.237. The number of hydrogen-bond donors (Lipinski definition) is 2. The monoisotopic (exact) mass is 309 g/mol. The fourth-order valence-corrected chi connectivity index (χ4v) is 1.71. The van der Waals surface area contributed by atoms with Crippen LogP contribution in [0.1, 0.15) is 17.4 Å². The molecule has 1 aromatic heterocycles. The van der Waals surface area contributed by atoms with Gasteiger partial charge in [0.25, 0.3) is 5.91 Å². The zero-order valence-corrected chi connectivity index (χ0v) is 11.8. The lowest BCUT2D eigenvalue weighted by atomic mass is 10.2. The lowest BCUT2D eigenvalue weighted by molar-refractivity contribution is 0.0940. The van der Waals surface area contributed by atoms with Gasteiger partial charge >= 0.3 is 0 Å². The summed E-state index contributed by atoms with van der Waals surface area (Å²) in [6.45, 7) is 3.19. The van der Waals surface area contributed by atoms with Crippen LogP contribution in [-0.2, 0) is 7.05 Å². The van der Waals surface area contributed by atoms with E-state index in [0.29, 0.717) is 24.7 Å². The van der Waals surface area contributed by atoms with E-state index >= 15 is 0 Å². The second-order valence-electron chi connectivity index (χ2n) is 3.71. The van der Waals surface area contributed by atoms with Crippen molar-refractivity contribution in [2.75, 3.05) is 13.1 Å². The summed E-state index contributed by atoms with van der Waals surface area (Å²) < 4.78 is 2.69. The maximum absolute atomic E-state index is 11.7. The maximum atomic E-state index is 11.7. The number of hydrogen-bond acceptors (Lipinski definition) is 2. The molecule has 0 aromatic carbocycles. The number of rotatable bonds is 4. The van der Waals surface area contributed by atoms with Gasteiger partial charge in [-0.15, -0.1) is 12.4 Å². The van der Waals surface area contributed by atoms with Crippen LogP contribution in [0.3, 0.4) is 0 Å². The molecule has 1 atom stereocenters. The van der Waals surface area contributed by atoms with Gasteiger partial charge in [0.1, 0.15) is 5.69 Å². The third-order valence-corrected chi connectivity index (χ3v) is 2.65. The predicted molar refractivity (Wildman–Crippen MR) is 70.9 cm³/mol. The highest BCUT2D eigenvalue weighted by atomic mass is 79.9. The molecule has 0 radical (unpaired) electrons. The van der Waals surface area contributed by atoms with Crippen LogP contribution in [0.2, 0.25) is 0 Å². The topological polar surface area (TPSA) is 60.0 Å². The van der Waals surface area contributed by atoms with E-state index in [9.17, 15) is 4.79 Å². The lowest BCUT2D eigenvalue weighted by Gasteiger charge is -2.10. The van der Waals surface area contributed by atoms with Gasteiger partial charge in [-0.25, -0.2) is 0 Å². The molecule has 92 valence electrons. The van der Waals surface area contributed by atoms with Crippen molar-refractivity contribution in [1.82, 2.24) is 9.88 Å². The predicted octanol–water partition coefficient (Wildman–Crippen LogP) is 1.53. The Morgan fingerprint density at radius 2 is 2.31 bits per heavy atom. The fraction of sp³-hybridized carbons (Fsp3) is 0.500. The Morgan fingerprint density at radius 3 is 2.75 bits per heavy atom. The number of aryl methyl sites for hydroxylation is 1. The number of nitrogens with two attached hydrogens (primary N) is 1. The fourth-order valence-electron chi connectivity index (χ4n) is 1.19. The van der Waals surface area contributed by atoms with Gasteiger partial charge in [0, 0.05) is 24.3 Å². The number of nitrogens with zero attached hydrogens (tertiary/aromatic N) is 1. The summed E-state index contributed by atoms with van der Waals surface area (Å²) in [6, 6.07) is 1.79. The Labute approximate surface area is 110 Å². The van der Waals surface area contributed by atoms with Crippen molar-refractivity contribution in [3.63, 3.8) is 0 Å². The van der Waals surface area contributed by atoms with Crippen LogP contribution in [-0.4, -0.2) is 23.6 Å². The van der Waals surface area contributed by atoms with Gasteiger partial charge in [-0.1, -0.05) is 6.92 Å². The number of aromatic nitrogens is 1. The molecule has 6 heteroatoms. The molecular weight excluding hydrogens is 293 g/mol. The van der Waals surface area contributed by atoms with E-state index in [0.717, 1.165) is 4.47 Å². The minimum absolute atomic E-state index is 0. The first-order valence-corrected chi connectivity index (χ1v) is 5.64. The van der Waals surface area contributed by atoms with Gasteiger partial charge < -0.3 is 15.6 Å². The third-order valence-electron chi connectivity index (χ3n) is 2.22. The Kier molecular flexibility index (Phi) is 6.71. The Bertz CT molecular complexity index is 354. The summed E-state index contributed by atoms with van der Waals surface area (Å²) in [5.41, 5.74) is 6.11. The summed E-state index contributed by atoms with van der Waals surface area (Å²) in [5, 5.41) is 2.84. The van der Waals surface area contributed by atoms with Crippen LogP contribution >= 0.6 is 28.3 Å². The smallest absolute Gasteiger partial charge is 0.267 e. The van der Waals surface area contributed by atoms with Crippen molar-refractivity contribution in [1.29, 1.82) is 0 Å². The van der Waals surface area contributed by atoms with E-state index in [-0.39, 0.29) is 18.3 Å². The molecule has 0 aliphatic rings. The molecule has 1 rings (SSSR count). The summed E-state index contributed by atoms with van der Waals surface area (Å²) in [6.07, 6.45) is 1.85. The van der Waals surface area contributed by atoms with Gasteiger partial charge in [0.15, 0.2) is 0 Å². The van der Waals surface area contributed by atoms with Crippen molar-refractivity contribution in [2.24, 2.45) is 18.7 Å². The largest absolute Gasteiger partial charge is 0.350 e. The van der Waals surface area contributed by atoms with Gasteiger partial charge in [-0.3, -0.25) is 4.79 Å². The lowest BCUT2D eigenvalue weighted by Crippen LogP contribution is -2.32.